The van der Waals surface area contributed by atoms with E-state index in [4.69, 9.17) is 15.2 Å². The largest absolute Gasteiger partial charge is 0.347 e. The molecule has 3 rings (SSSR count). The van der Waals surface area contributed by atoms with Gasteiger partial charge in [-0.15, -0.1) is 0 Å². The summed E-state index contributed by atoms with van der Waals surface area (Å²) in [5.41, 5.74) is 6.16. The van der Waals surface area contributed by atoms with E-state index in [-0.39, 0.29) is 17.9 Å². The molecule has 16 heavy (non-hydrogen) atoms. The number of hydrogen-bond donors (Lipinski definition) is 1. The predicted molar refractivity (Wildman–Crippen MR) is 57.7 cm³/mol. The molecule has 2 N–H and O–H groups in total. The molecule has 1 saturated heterocycles. The van der Waals surface area contributed by atoms with Crippen molar-refractivity contribution < 1.29 is 9.47 Å². The van der Waals surface area contributed by atoms with Crippen LogP contribution in [0.4, 0.5) is 0 Å². The lowest BCUT2D eigenvalue weighted by atomic mass is 9.86. The van der Waals surface area contributed by atoms with Gasteiger partial charge in [-0.3, -0.25) is 0 Å². The maximum Gasteiger partial charge on any atom is 0.170 e. The Hall–Kier alpha value is -0.910. The van der Waals surface area contributed by atoms with Crippen molar-refractivity contribution in [1.29, 1.82) is 0 Å². The van der Waals surface area contributed by atoms with E-state index in [9.17, 15) is 0 Å². The van der Waals surface area contributed by atoms with Crippen LogP contribution in [0.1, 0.15) is 25.3 Å². The normalized spacial score (nSPS) is 33.3. The summed E-state index contributed by atoms with van der Waals surface area (Å²) in [6.07, 6.45) is 8.22. The Balaban J connectivity index is 1.81. The van der Waals surface area contributed by atoms with Gasteiger partial charge in [0, 0.05) is 31.3 Å². The number of nitrogens with two attached hydrogens (primary N) is 1. The highest BCUT2D eigenvalue weighted by Gasteiger charge is 2.44. The highest BCUT2D eigenvalue weighted by atomic mass is 16.7. The first-order valence-electron chi connectivity index (χ1n) is 5.80. The number of ether oxygens (including phenoxy) is 2. The first kappa shape index (κ1) is 10.3. The summed E-state index contributed by atoms with van der Waals surface area (Å²) in [6, 6.07) is 0.391. The Labute approximate surface area is 94.5 Å². The Morgan fingerprint density at radius 2 is 2.19 bits per heavy atom. The molecule has 2 fully saturated rings. The second-order valence-electron chi connectivity index (χ2n) is 4.59. The van der Waals surface area contributed by atoms with Crippen LogP contribution in [0, 0.1) is 0 Å². The average Bonchev–Trinajstić information content (AvgIpc) is 2.94. The van der Waals surface area contributed by atoms with Gasteiger partial charge in [0.05, 0.1) is 25.6 Å². The van der Waals surface area contributed by atoms with E-state index >= 15 is 0 Å². The molecule has 0 bridgehead atoms. The molecular formula is C11H17N3O2. The molecule has 2 heterocycles. The standard InChI is InChI=1S/C11H17N3O2/c12-9-1-2-11(15-5-6-16-11)7-10(9)14-4-3-13-8-14/h3-4,8-10H,1-2,5-7,12H2. The molecule has 2 atom stereocenters. The van der Waals surface area contributed by atoms with Gasteiger partial charge in [0.2, 0.25) is 0 Å². The molecule has 2 aliphatic rings. The van der Waals surface area contributed by atoms with Gasteiger partial charge in [-0.2, -0.15) is 0 Å². The Bertz CT molecular complexity index is 346. The highest BCUT2D eigenvalue weighted by molar-refractivity contribution is 4.95. The molecule has 1 aliphatic heterocycles. The molecule has 1 saturated carbocycles. The number of aromatic nitrogens is 2. The molecule has 0 radical (unpaired) electrons. The van der Waals surface area contributed by atoms with Gasteiger partial charge in [-0.1, -0.05) is 0 Å². The van der Waals surface area contributed by atoms with Crippen LogP contribution in [0.3, 0.4) is 0 Å². The van der Waals surface area contributed by atoms with Crippen molar-refractivity contribution in [1.82, 2.24) is 9.55 Å². The number of rotatable bonds is 1. The topological polar surface area (TPSA) is 62.3 Å². The van der Waals surface area contributed by atoms with Crippen LogP contribution in [0.2, 0.25) is 0 Å². The maximum absolute atomic E-state index is 6.16. The minimum atomic E-state index is -0.384. The lowest BCUT2D eigenvalue weighted by molar-refractivity contribution is -0.187. The van der Waals surface area contributed by atoms with Crippen LogP contribution in [0.25, 0.3) is 0 Å². The predicted octanol–water partition coefficient (Wildman–Crippen LogP) is 0.678. The van der Waals surface area contributed by atoms with Crippen LogP contribution in [-0.4, -0.2) is 34.6 Å². The summed E-state index contributed by atoms with van der Waals surface area (Å²) in [6.45, 7) is 1.40. The number of hydrogen-bond acceptors (Lipinski definition) is 4. The van der Waals surface area contributed by atoms with Crippen molar-refractivity contribution in [2.45, 2.75) is 37.1 Å². The fourth-order valence-corrected chi connectivity index (χ4v) is 2.70. The molecule has 5 nitrogen and oxygen atoms in total. The van der Waals surface area contributed by atoms with Gasteiger partial charge in [-0.25, -0.2) is 4.98 Å². The quantitative estimate of drug-likeness (QED) is 0.760. The molecule has 88 valence electrons. The van der Waals surface area contributed by atoms with Crippen molar-refractivity contribution in [2.24, 2.45) is 5.73 Å². The minimum Gasteiger partial charge on any atom is -0.347 e. The summed E-state index contributed by atoms with van der Waals surface area (Å²) in [5, 5.41) is 0. The van der Waals surface area contributed by atoms with Crippen LogP contribution < -0.4 is 5.73 Å². The van der Waals surface area contributed by atoms with Crippen LogP contribution in [0.15, 0.2) is 18.7 Å². The smallest absolute Gasteiger partial charge is 0.170 e. The minimum absolute atomic E-state index is 0.160. The van der Waals surface area contributed by atoms with E-state index in [0.717, 1.165) is 19.3 Å². The molecule has 2 unspecified atom stereocenters. The molecule has 0 aromatic carbocycles. The van der Waals surface area contributed by atoms with Gasteiger partial charge < -0.3 is 19.8 Å². The zero-order valence-electron chi connectivity index (χ0n) is 9.21. The molecule has 1 spiro atoms. The highest BCUT2D eigenvalue weighted by Crippen LogP contribution is 2.40. The summed E-state index contributed by atoms with van der Waals surface area (Å²) in [5.74, 6) is -0.384. The zero-order chi connectivity index (χ0) is 11.0. The van der Waals surface area contributed by atoms with E-state index in [1.807, 2.05) is 12.5 Å². The van der Waals surface area contributed by atoms with E-state index in [2.05, 4.69) is 9.55 Å². The van der Waals surface area contributed by atoms with Gasteiger partial charge >= 0.3 is 0 Å². The molecule has 1 aliphatic carbocycles. The van der Waals surface area contributed by atoms with Crippen molar-refractivity contribution in [3.05, 3.63) is 18.7 Å². The van der Waals surface area contributed by atoms with E-state index in [1.54, 1.807) is 6.20 Å². The Morgan fingerprint density at radius 1 is 1.38 bits per heavy atom. The molecular weight excluding hydrogens is 206 g/mol. The third kappa shape index (κ3) is 1.65. The maximum atomic E-state index is 6.16. The van der Waals surface area contributed by atoms with Crippen molar-refractivity contribution >= 4 is 0 Å². The van der Waals surface area contributed by atoms with Crippen molar-refractivity contribution in [3.8, 4) is 0 Å². The molecule has 0 amide bonds. The van der Waals surface area contributed by atoms with E-state index in [0.29, 0.717) is 13.2 Å². The van der Waals surface area contributed by atoms with Crippen LogP contribution in [0.5, 0.6) is 0 Å². The summed E-state index contributed by atoms with van der Waals surface area (Å²) < 4.78 is 13.6. The lowest BCUT2D eigenvalue weighted by Crippen LogP contribution is -2.46. The van der Waals surface area contributed by atoms with Gasteiger partial charge in [-0.05, 0) is 6.42 Å². The van der Waals surface area contributed by atoms with Crippen LogP contribution >= 0.6 is 0 Å². The van der Waals surface area contributed by atoms with Gasteiger partial charge in [0.1, 0.15) is 0 Å². The number of imidazole rings is 1. The SMILES string of the molecule is NC1CCC2(CC1n1ccnc1)OCCO2. The molecule has 5 heteroatoms. The first-order valence-corrected chi connectivity index (χ1v) is 5.80. The fourth-order valence-electron chi connectivity index (χ4n) is 2.70. The van der Waals surface area contributed by atoms with Gasteiger partial charge in [0.15, 0.2) is 5.79 Å². The monoisotopic (exact) mass is 223 g/mol. The third-order valence-electron chi connectivity index (χ3n) is 3.59. The Morgan fingerprint density at radius 3 is 2.88 bits per heavy atom. The van der Waals surface area contributed by atoms with Crippen molar-refractivity contribution in [3.63, 3.8) is 0 Å². The second kappa shape index (κ2) is 3.84. The third-order valence-corrected chi connectivity index (χ3v) is 3.59. The average molecular weight is 223 g/mol. The summed E-state index contributed by atoms with van der Waals surface area (Å²) in [7, 11) is 0. The van der Waals surface area contributed by atoms with E-state index in [1.165, 1.54) is 0 Å². The summed E-state index contributed by atoms with van der Waals surface area (Å²) in [4.78, 5) is 4.07. The second-order valence-corrected chi connectivity index (χ2v) is 4.59. The Kier molecular flexibility index (Phi) is 2.46. The summed E-state index contributed by atoms with van der Waals surface area (Å²) >= 11 is 0. The zero-order valence-corrected chi connectivity index (χ0v) is 9.21. The molecule has 1 aromatic rings. The van der Waals surface area contributed by atoms with Crippen LogP contribution in [-0.2, 0) is 9.47 Å². The van der Waals surface area contributed by atoms with Crippen molar-refractivity contribution in [2.75, 3.05) is 13.2 Å². The number of nitrogens with zero attached hydrogens (tertiary/aromatic N) is 2. The lowest BCUT2D eigenvalue weighted by Gasteiger charge is -2.40. The van der Waals surface area contributed by atoms with E-state index < -0.39 is 0 Å². The fraction of sp³-hybridized carbons (Fsp3) is 0.727. The molecule has 1 aromatic heterocycles. The first-order chi connectivity index (χ1) is 7.79. The van der Waals surface area contributed by atoms with Gasteiger partial charge in [0.25, 0.3) is 0 Å².